The van der Waals surface area contributed by atoms with Gasteiger partial charge in [-0.25, -0.2) is 0 Å². The highest BCUT2D eigenvalue weighted by molar-refractivity contribution is 5.85. The fourth-order valence-electron chi connectivity index (χ4n) is 3.44. The zero-order chi connectivity index (χ0) is 14.1. The van der Waals surface area contributed by atoms with Gasteiger partial charge in [-0.1, -0.05) is 12.1 Å². The van der Waals surface area contributed by atoms with Gasteiger partial charge in [0.05, 0.1) is 4.92 Å². The summed E-state index contributed by atoms with van der Waals surface area (Å²) in [6.07, 6.45) is 3.74. The number of likely N-dealkylation sites (tertiary alicyclic amines) is 1. The normalized spacial score (nSPS) is 25.2. The molecule has 116 valence electrons. The average Bonchev–Trinajstić information content (AvgIpc) is 2.74. The first kappa shape index (κ1) is 16.2. The first-order valence-electron chi connectivity index (χ1n) is 7.35. The molecule has 1 aromatic rings. The van der Waals surface area contributed by atoms with Crippen molar-refractivity contribution in [3.63, 3.8) is 0 Å². The second-order valence-electron chi connectivity index (χ2n) is 5.98. The maximum atomic E-state index is 11.0. The largest absolute Gasteiger partial charge is 0.310 e. The second kappa shape index (κ2) is 6.73. The number of fused-ring (bicyclic) bond motifs is 2. The third-order valence-electron chi connectivity index (χ3n) is 4.62. The zero-order valence-corrected chi connectivity index (χ0v) is 13.1. The summed E-state index contributed by atoms with van der Waals surface area (Å²) in [5, 5.41) is 14.7. The van der Waals surface area contributed by atoms with Gasteiger partial charge in [0, 0.05) is 43.3 Å². The molecule has 2 atom stereocenters. The molecule has 0 radical (unpaired) electrons. The van der Waals surface area contributed by atoms with Crippen LogP contribution in [0.3, 0.4) is 0 Å². The highest BCUT2D eigenvalue weighted by Crippen LogP contribution is 2.25. The smallest absolute Gasteiger partial charge is 0.272 e. The molecular formula is C15H22ClN3O2. The van der Waals surface area contributed by atoms with Crippen LogP contribution in [0.1, 0.15) is 30.4 Å². The summed E-state index contributed by atoms with van der Waals surface area (Å²) in [6, 6.07) is 6.67. The number of hydrogen-bond donors (Lipinski definition) is 1. The third-order valence-corrected chi connectivity index (χ3v) is 4.62. The molecular weight excluding hydrogens is 290 g/mol. The van der Waals surface area contributed by atoms with Crippen LogP contribution < -0.4 is 5.32 Å². The summed E-state index contributed by atoms with van der Waals surface area (Å²) >= 11 is 0. The molecule has 5 nitrogen and oxygen atoms in total. The Kier molecular flexibility index (Phi) is 5.19. The lowest BCUT2D eigenvalue weighted by Gasteiger charge is -2.24. The van der Waals surface area contributed by atoms with E-state index in [-0.39, 0.29) is 23.0 Å². The van der Waals surface area contributed by atoms with Gasteiger partial charge < -0.3 is 5.32 Å². The van der Waals surface area contributed by atoms with Gasteiger partial charge in [0.15, 0.2) is 0 Å². The Morgan fingerprint density at radius 3 is 2.86 bits per heavy atom. The number of nitro benzene ring substituents is 1. The van der Waals surface area contributed by atoms with Crippen LogP contribution >= 0.6 is 12.4 Å². The van der Waals surface area contributed by atoms with Gasteiger partial charge >= 0.3 is 0 Å². The molecule has 2 aliphatic heterocycles. The van der Waals surface area contributed by atoms with E-state index < -0.39 is 0 Å². The molecule has 0 amide bonds. The van der Waals surface area contributed by atoms with Gasteiger partial charge in [-0.15, -0.1) is 12.4 Å². The van der Waals surface area contributed by atoms with E-state index in [2.05, 4.69) is 10.2 Å². The number of hydrogen-bond acceptors (Lipinski definition) is 4. The molecule has 0 spiro atoms. The van der Waals surface area contributed by atoms with E-state index in [4.69, 9.17) is 0 Å². The van der Waals surface area contributed by atoms with E-state index in [0.717, 1.165) is 30.8 Å². The summed E-state index contributed by atoms with van der Waals surface area (Å²) in [5.41, 5.74) is 2.12. The molecule has 3 rings (SSSR count). The molecule has 2 saturated heterocycles. The summed E-state index contributed by atoms with van der Waals surface area (Å²) in [6.45, 7) is 4.81. The van der Waals surface area contributed by atoms with E-state index in [1.807, 2.05) is 13.0 Å². The molecule has 2 unspecified atom stereocenters. The Bertz CT molecular complexity index is 524. The van der Waals surface area contributed by atoms with E-state index in [0.29, 0.717) is 12.1 Å². The Hall–Kier alpha value is -1.17. The number of benzene rings is 1. The Labute approximate surface area is 131 Å². The molecule has 0 aliphatic carbocycles. The van der Waals surface area contributed by atoms with Crippen molar-refractivity contribution in [3.05, 3.63) is 39.4 Å². The predicted molar refractivity (Wildman–Crippen MR) is 84.9 cm³/mol. The van der Waals surface area contributed by atoms with E-state index >= 15 is 0 Å². The van der Waals surface area contributed by atoms with Gasteiger partial charge in [-0.05, 0) is 31.7 Å². The molecule has 2 aliphatic rings. The van der Waals surface area contributed by atoms with E-state index in [9.17, 15) is 10.1 Å². The minimum atomic E-state index is -0.287. The molecule has 6 heteroatoms. The lowest BCUT2D eigenvalue weighted by atomic mass is 10.0. The van der Waals surface area contributed by atoms with Crippen molar-refractivity contribution in [3.8, 4) is 0 Å². The first-order chi connectivity index (χ1) is 9.63. The van der Waals surface area contributed by atoms with Gasteiger partial charge in [-0.3, -0.25) is 15.0 Å². The van der Waals surface area contributed by atoms with Crippen LogP contribution in [0.5, 0.6) is 0 Å². The zero-order valence-electron chi connectivity index (χ0n) is 12.2. The third kappa shape index (κ3) is 3.54. The first-order valence-corrected chi connectivity index (χ1v) is 7.35. The van der Waals surface area contributed by atoms with E-state index in [1.165, 1.54) is 19.3 Å². The maximum Gasteiger partial charge on any atom is 0.272 e. The molecule has 21 heavy (non-hydrogen) atoms. The molecule has 1 N–H and O–H groups in total. The van der Waals surface area contributed by atoms with Crippen molar-refractivity contribution >= 4 is 18.1 Å². The summed E-state index contributed by atoms with van der Waals surface area (Å²) in [5.74, 6) is 0. The molecule has 2 fully saturated rings. The lowest BCUT2D eigenvalue weighted by molar-refractivity contribution is -0.385. The van der Waals surface area contributed by atoms with Crippen molar-refractivity contribution in [2.75, 3.05) is 13.1 Å². The van der Waals surface area contributed by atoms with Crippen molar-refractivity contribution < 1.29 is 4.92 Å². The van der Waals surface area contributed by atoms with Crippen molar-refractivity contribution in [1.29, 1.82) is 0 Å². The van der Waals surface area contributed by atoms with Crippen LogP contribution in [-0.2, 0) is 6.54 Å². The molecule has 2 bridgehead atoms. The highest BCUT2D eigenvalue weighted by atomic mass is 35.5. The van der Waals surface area contributed by atoms with Gasteiger partial charge in [-0.2, -0.15) is 0 Å². The Balaban J connectivity index is 0.00000161. The quantitative estimate of drug-likeness (QED) is 0.688. The minimum Gasteiger partial charge on any atom is -0.310 e. The van der Waals surface area contributed by atoms with Crippen LogP contribution in [-0.4, -0.2) is 35.0 Å². The minimum absolute atomic E-state index is 0. The van der Waals surface area contributed by atoms with Crippen molar-refractivity contribution in [2.24, 2.45) is 0 Å². The molecule has 2 heterocycles. The number of nitro groups is 1. The summed E-state index contributed by atoms with van der Waals surface area (Å²) < 4.78 is 0. The Morgan fingerprint density at radius 1 is 1.33 bits per heavy atom. The van der Waals surface area contributed by atoms with Gasteiger partial charge in [0.2, 0.25) is 0 Å². The standard InChI is InChI=1S/C15H21N3O2.ClH/c1-11-12(3-2-4-15(11)18(19)20)9-17-8-7-13-5-6-14(10-17)16-13;/h2-4,13-14,16H,5-10H2,1H3;1H. The highest BCUT2D eigenvalue weighted by Gasteiger charge is 2.29. The number of halogens is 1. The maximum absolute atomic E-state index is 11.0. The van der Waals surface area contributed by atoms with Gasteiger partial charge in [0.1, 0.15) is 0 Å². The van der Waals surface area contributed by atoms with Crippen LogP contribution in [0.4, 0.5) is 5.69 Å². The summed E-state index contributed by atoms with van der Waals surface area (Å²) in [4.78, 5) is 13.2. The number of nitrogens with one attached hydrogen (secondary N) is 1. The topological polar surface area (TPSA) is 58.4 Å². The fourth-order valence-corrected chi connectivity index (χ4v) is 3.44. The van der Waals surface area contributed by atoms with Crippen LogP contribution in [0.15, 0.2) is 18.2 Å². The van der Waals surface area contributed by atoms with Gasteiger partial charge in [0.25, 0.3) is 5.69 Å². The number of rotatable bonds is 3. The molecule has 0 saturated carbocycles. The molecule has 1 aromatic carbocycles. The Morgan fingerprint density at radius 2 is 2.10 bits per heavy atom. The molecule has 0 aromatic heterocycles. The second-order valence-corrected chi connectivity index (χ2v) is 5.98. The van der Waals surface area contributed by atoms with Crippen LogP contribution in [0, 0.1) is 17.0 Å². The van der Waals surface area contributed by atoms with Crippen molar-refractivity contribution in [1.82, 2.24) is 10.2 Å². The fraction of sp³-hybridized carbons (Fsp3) is 0.600. The van der Waals surface area contributed by atoms with Crippen LogP contribution in [0.2, 0.25) is 0 Å². The van der Waals surface area contributed by atoms with E-state index in [1.54, 1.807) is 12.1 Å². The van der Waals surface area contributed by atoms with Crippen LogP contribution in [0.25, 0.3) is 0 Å². The predicted octanol–water partition coefficient (Wildman–Crippen LogP) is 2.65. The van der Waals surface area contributed by atoms with Crippen molar-refractivity contribution in [2.45, 2.75) is 44.8 Å². The lowest BCUT2D eigenvalue weighted by Crippen LogP contribution is -2.35. The SMILES string of the molecule is Cc1c(CN2CCC3CCC(C2)N3)cccc1[N+](=O)[O-].Cl. The summed E-state index contributed by atoms with van der Waals surface area (Å²) in [7, 11) is 0. The monoisotopic (exact) mass is 311 g/mol. The average molecular weight is 312 g/mol. The number of nitrogens with zero attached hydrogens (tertiary/aromatic N) is 2.